The van der Waals surface area contributed by atoms with Gasteiger partial charge in [-0.25, -0.2) is 0 Å². The molecule has 1 N–H and O–H groups in total. The van der Waals surface area contributed by atoms with Gasteiger partial charge in [-0.15, -0.1) is 22.7 Å². The Morgan fingerprint density at radius 1 is 1.04 bits per heavy atom. The Labute approximate surface area is 158 Å². The molecule has 130 valence electrons. The van der Waals surface area contributed by atoms with Gasteiger partial charge in [0.2, 0.25) is 11.7 Å². The molecule has 0 saturated carbocycles. The zero-order valence-corrected chi connectivity index (χ0v) is 15.3. The molecule has 0 aliphatic carbocycles. The van der Waals surface area contributed by atoms with E-state index < -0.39 is 0 Å². The van der Waals surface area contributed by atoms with Crippen molar-refractivity contribution < 1.29 is 9.32 Å². The van der Waals surface area contributed by atoms with Gasteiger partial charge in [-0.1, -0.05) is 41.6 Å². The number of benzene rings is 1. The van der Waals surface area contributed by atoms with Crippen LogP contribution in [0.3, 0.4) is 0 Å². The van der Waals surface area contributed by atoms with Crippen LogP contribution in [0.4, 0.5) is 0 Å². The van der Waals surface area contributed by atoms with Crippen LogP contribution in [0, 0.1) is 0 Å². The van der Waals surface area contributed by atoms with E-state index in [1.165, 1.54) is 11.3 Å². The van der Waals surface area contributed by atoms with Gasteiger partial charge in [0, 0.05) is 15.3 Å². The van der Waals surface area contributed by atoms with Crippen molar-refractivity contribution in [3.05, 3.63) is 69.7 Å². The highest BCUT2D eigenvalue weighted by atomic mass is 32.1. The Morgan fingerprint density at radius 3 is 2.73 bits per heavy atom. The Morgan fingerprint density at radius 2 is 1.92 bits per heavy atom. The summed E-state index contributed by atoms with van der Waals surface area (Å²) in [7, 11) is 0. The molecule has 4 aromatic rings. The van der Waals surface area contributed by atoms with Crippen molar-refractivity contribution in [2.75, 3.05) is 0 Å². The lowest BCUT2D eigenvalue weighted by Gasteiger charge is -2.01. The third kappa shape index (κ3) is 3.89. The minimum atomic E-state index is 0.0200. The molecule has 5 nitrogen and oxygen atoms in total. The normalized spacial score (nSPS) is 10.8. The van der Waals surface area contributed by atoms with Gasteiger partial charge in [-0.3, -0.25) is 4.79 Å². The van der Waals surface area contributed by atoms with Crippen molar-refractivity contribution in [2.45, 2.75) is 13.0 Å². The number of thiophene rings is 2. The summed E-state index contributed by atoms with van der Waals surface area (Å²) in [5.74, 6) is 1.08. The van der Waals surface area contributed by atoms with Crippen molar-refractivity contribution >= 4 is 28.6 Å². The van der Waals surface area contributed by atoms with E-state index in [0.29, 0.717) is 24.7 Å². The summed E-state index contributed by atoms with van der Waals surface area (Å²) in [6.07, 6.45) is 0.417. The molecule has 0 unspecified atom stereocenters. The standard InChI is InChI=1S/C19H15N3O2S2/c23-17(11-14-7-4-10-25-14)20-12-15-8-9-16(26-15)19-21-18(22-24-19)13-5-2-1-3-6-13/h1-10H,11-12H2,(H,20,23). The van der Waals surface area contributed by atoms with E-state index in [2.05, 4.69) is 15.5 Å². The number of rotatable bonds is 6. The van der Waals surface area contributed by atoms with Crippen LogP contribution in [0.1, 0.15) is 9.75 Å². The largest absolute Gasteiger partial charge is 0.351 e. The molecule has 0 fully saturated rings. The number of nitrogens with one attached hydrogen (secondary N) is 1. The molecular formula is C19H15N3O2S2. The van der Waals surface area contributed by atoms with Crippen LogP contribution < -0.4 is 5.32 Å². The number of hydrogen-bond donors (Lipinski definition) is 1. The third-order valence-corrected chi connectivity index (χ3v) is 5.65. The maximum atomic E-state index is 12.0. The van der Waals surface area contributed by atoms with Crippen molar-refractivity contribution in [3.8, 4) is 22.2 Å². The van der Waals surface area contributed by atoms with Gasteiger partial charge in [0.25, 0.3) is 5.89 Å². The summed E-state index contributed by atoms with van der Waals surface area (Å²) in [6.45, 7) is 0.495. The lowest BCUT2D eigenvalue weighted by Crippen LogP contribution is -2.23. The Kier molecular flexibility index (Phi) is 4.90. The zero-order valence-electron chi connectivity index (χ0n) is 13.7. The van der Waals surface area contributed by atoms with Gasteiger partial charge in [-0.05, 0) is 23.6 Å². The average molecular weight is 381 g/mol. The molecule has 1 amide bonds. The number of hydrogen-bond acceptors (Lipinski definition) is 6. The molecule has 0 radical (unpaired) electrons. The van der Waals surface area contributed by atoms with E-state index in [4.69, 9.17) is 4.52 Å². The van der Waals surface area contributed by atoms with Gasteiger partial charge in [0.1, 0.15) is 0 Å². The first-order valence-electron chi connectivity index (χ1n) is 8.05. The van der Waals surface area contributed by atoms with E-state index in [9.17, 15) is 4.79 Å². The second-order valence-corrected chi connectivity index (χ2v) is 7.79. The predicted molar refractivity (Wildman–Crippen MR) is 103 cm³/mol. The molecular weight excluding hydrogens is 366 g/mol. The number of amides is 1. The van der Waals surface area contributed by atoms with Crippen molar-refractivity contribution in [1.82, 2.24) is 15.5 Å². The van der Waals surface area contributed by atoms with E-state index >= 15 is 0 Å². The molecule has 0 aliphatic heterocycles. The van der Waals surface area contributed by atoms with Crippen LogP contribution in [0.2, 0.25) is 0 Å². The molecule has 0 atom stereocenters. The number of carbonyl (C=O) groups excluding carboxylic acids is 1. The van der Waals surface area contributed by atoms with Gasteiger partial charge in [0.15, 0.2) is 0 Å². The summed E-state index contributed by atoms with van der Waals surface area (Å²) in [5.41, 5.74) is 0.917. The quantitative estimate of drug-likeness (QED) is 0.538. The first-order valence-corrected chi connectivity index (χ1v) is 9.75. The first-order chi connectivity index (χ1) is 12.8. The van der Waals surface area contributed by atoms with Gasteiger partial charge >= 0.3 is 0 Å². The summed E-state index contributed by atoms with van der Waals surface area (Å²) < 4.78 is 5.38. The summed E-state index contributed by atoms with van der Waals surface area (Å²) in [4.78, 5) is 19.4. The van der Waals surface area contributed by atoms with E-state index in [1.54, 1.807) is 11.3 Å². The summed E-state index contributed by atoms with van der Waals surface area (Å²) in [5, 5.41) is 8.96. The Bertz CT molecular complexity index is 991. The minimum Gasteiger partial charge on any atom is -0.351 e. The topological polar surface area (TPSA) is 68.0 Å². The van der Waals surface area contributed by atoms with E-state index in [0.717, 1.165) is 20.2 Å². The average Bonchev–Trinajstić information content (AvgIpc) is 3.41. The SMILES string of the molecule is O=C(Cc1cccs1)NCc1ccc(-c2nc(-c3ccccc3)no2)s1. The maximum Gasteiger partial charge on any atom is 0.268 e. The zero-order chi connectivity index (χ0) is 17.8. The molecule has 4 rings (SSSR count). The van der Waals surface area contributed by atoms with Crippen LogP contribution in [-0.2, 0) is 17.8 Å². The molecule has 7 heteroatoms. The molecule has 3 aromatic heterocycles. The number of nitrogens with zero attached hydrogens (tertiary/aromatic N) is 2. The van der Waals surface area contributed by atoms with Gasteiger partial charge in [-0.2, -0.15) is 4.98 Å². The van der Waals surface area contributed by atoms with Crippen LogP contribution in [0.25, 0.3) is 22.2 Å². The van der Waals surface area contributed by atoms with E-state index in [1.807, 2.05) is 60.0 Å². The van der Waals surface area contributed by atoms with Gasteiger partial charge < -0.3 is 9.84 Å². The van der Waals surface area contributed by atoms with Crippen molar-refractivity contribution in [1.29, 1.82) is 0 Å². The summed E-state index contributed by atoms with van der Waals surface area (Å²) >= 11 is 3.13. The summed E-state index contributed by atoms with van der Waals surface area (Å²) in [6, 6.07) is 17.5. The van der Waals surface area contributed by atoms with Crippen LogP contribution in [-0.4, -0.2) is 16.0 Å². The van der Waals surface area contributed by atoms with E-state index in [-0.39, 0.29) is 5.91 Å². The highest BCUT2D eigenvalue weighted by Crippen LogP contribution is 2.28. The highest BCUT2D eigenvalue weighted by molar-refractivity contribution is 7.15. The molecule has 1 aromatic carbocycles. The fourth-order valence-corrected chi connectivity index (χ4v) is 4.01. The lowest BCUT2D eigenvalue weighted by atomic mass is 10.2. The Balaban J connectivity index is 1.39. The van der Waals surface area contributed by atoms with Crippen LogP contribution in [0.15, 0.2) is 64.5 Å². The molecule has 3 heterocycles. The number of carbonyl (C=O) groups is 1. The fraction of sp³-hybridized carbons (Fsp3) is 0.105. The Hall–Kier alpha value is -2.77. The smallest absolute Gasteiger partial charge is 0.268 e. The lowest BCUT2D eigenvalue weighted by molar-refractivity contribution is -0.120. The van der Waals surface area contributed by atoms with Crippen LogP contribution >= 0.6 is 22.7 Å². The highest BCUT2D eigenvalue weighted by Gasteiger charge is 2.13. The van der Waals surface area contributed by atoms with Gasteiger partial charge in [0.05, 0.1) is 17.8 Å². The predicted octanol–water partition coefficient (Wildman–Crippen LogP) is 4.39. The maximum absolute atomic E-state index is 12.0. The molecule has 0 spiro atoms. The molecule has 26 heavy (non-hydrogen) atoms. The number of aromatic nitrogens is 2. The second kappa shape index (κ2) is 7.63. The van der Waals surface area contributed by atoms with Crippen LogP contribution in [0.5, 0.6) is 0 Å². The molecule has 0 saturated heterocycles. The second-order valence-electron chi connectivity index (χ2n) is 5.59. The fourth-order valence-electron chi connectivity index (χ4n) is 2.44. The minimum absolute atomic E-state index is 0.0200. The third-order valence-electron chi connectivity index (χ3n) is 3.71. The monoisotopic (exact) mass is 381 g/mol. The first kappa shape index (κ1) is 16.7. The molecule has 0 bridgehead atoms. The van der Waals surface area contributed by atoms with Crippen molar-refractivity contribution in [2.24, 2.45) is 0 Å². The van der Waals surface area contributed by atoms with Crippen molar-refractivity contribution in [3.63, 3.8) is 0 Å². The molecule has 0 aliphatic rings.